The van der Waals surface area contributed by atoms with E-state index < -0.39 is 5.97 Å². The first-order valence-corrected chi connectivity index (χ1v) is 7.34. The van der Waals surface area contributed by atoms with E-state index in [-0.39, 0.29) is 29.6 Å². The van der Waals surface area contributed by atoms with Crippen LogP contribution in [0.2, 0.25) is 0 Å². The monoisotopic (exact) mass is 322 g/mol. The maximum Gasteiger partial charge on any atom is 0.357 e. The summed E-state index contributed by atoms with van der Waals surface area (Å²) in [4.78, 5) is 33.2. The summed E-state index contributed by atoms with van der Waals surface area (Å²) >= 11 is 0. The lowest BCUT2D eigenvalue weighted by Crippen LogP contribution is -2.17. The van der Waals surface area contributed by atoms with E-state index in [1.165, 1.54) is 10.9 Å². The number of ether oxygens (including phenoxy) is 1. The quantitative estimate of drug-likeness (QED) is 0.528. The number of carbonyl (C=O) groups is 2. The maximum absolute atomic E-state index is 12.7. The molecule has 2 aromatic heterocycles. The SMILES string of the molecule is CCOC(=O)c1nc(-n2cccn2)ncc1C(=O)c1ccccc1. The van der Waals surface area contributed by atoms with Crippen molar-refractivity contribution >= 4 is 11.8 Å². The zero-order valence-electron chi connectivity index (χ0n) is 12.9. The van der Waals surface area contributed by atoms with Crippen LogP contribution < -0.4 is 0 Å². The van der Waals surface area contributed by atoms with Crippen LogP contribution in [-0.2, 0) is 4.74 Å². The van der Waals surface area contributed by atoms with Crippen LogP contribution in [0.3, 0.4) is 0 Å². The molecule has 0 saturated heterocycles. The minimum Gasteiger partial charge on any atom is -0.461 e. The predicted octanol–water partition coefficient (Wildman–Crippen LogP) is 2.07. The first kappa shape index (κ1) is 15.5. The molecule has 0 N–H and O–H groups in total. The summed E-state index contributed by atoms with van der Waals surface area (Å²) < 4.78 is 6.42. The van der Waals surface area contributed by atoms with Crippen molar-refractivity contribution < 1.29 is 14.3 Å². The molecule has 0 atom stereocenters. The van der Waals surface area contributed by atoms with Crippen molar-refractivity contribution in [3.63, 3.8) is 0 Å². The molecule has 0 unspecified atom stereocenters. The van der Waals surface area contributed by atoms with Crippen LogP contribution in [0.5, 0.6) is 0 Å². The Morgan fingerprint density at radius 2 is 1.96 bits per heavy atom. The molecule has 0 spiro atoms. The number of hydrogen-bond acceptors (Lipinski definition) is 6. The second kappa shape index (κ2) is 6.82. The van der Waals surface area contributed by atoms with Gasteiger partial charge in [0.25, 0.3) is 5.95 Å². The number of aromatic nitrogens is 4. The molecule has 0 aliphatic rings. The first-order chi connectivity index (χ1) is 11.7. The molecular weight excluding hydrogens is 308 g/mol. The summed E-state index contributed by atoms with van der Waals surface area (Å²) in [7, 11) is 0. The molecule has 7 nitrogen and oxygen atoms in total. The van der Waals surface area contributed by atoms with Gasteiger partial charge in [0.05, 0.1) is 12.2 Å². The Kier molecular flexibility index (Phi) is 4.42. The van der Waals surface area contributed by atoms with Crippen molar-refractivity contribution in [2.75, 3.05) is 6.61 Å². The van der Waals surface area contributed by atoms with Gasteiger partial charge in [0.1, 0.15) is 0 Å². The van der Waals surface area contributed by atoms with Crippen molar-refractivity contribution in [1.82, 2.24) is 19.7 Å². The lowest BCUT2D eigenvalue weighted by molar-refractivity contribution is 0.0516. The number of carbonyl (C=O) groups excluding carboxylic acids is 2. The average molecular weight is 322 g/mol. The van der Waals surface area contributed by atoms with Crippen LogP contribution in [0.4, 0.5) is 0 Å². The van der Waals surface area contributed by atoms with E-state index in [1.54, 1.807) is 55.7 Å². The molecule has 0 bridgehead atoms. The Morgan fingerprint density at radius 1 is 1.17 bits per heavy atom. The molecule has 3 rings (SSSR count). The van der Waals surface area contributed by atoms with Gasteiger partial charge < -0.3 is 4.74 Å². The molecule has 0 fully saturated rings. The highest BCUT2D eigenvalue weighted by molar-refractivity contribution is 6.13. The van der Waals surface area contributed by atoms with Crippen LogP contribution in [-0.4, -0.2) is 38.1 Å². The van der Waals surface area contributed by atoms with Gasteiger partial charge in [0.2, 0.25) is 0 Å². The van der Waals surface area contributed by atoms with Gasteiger partial charge in [-0.2, -0.15) is 5.10 Å². The third-order valence-corrected chi connectivity index (χ3v) is 3.23. The summed E-state index contributed by atoms with van der Waals surface area (Å²) in [6.45, 7) is 1.87. The largest absolute Gasteiger partial charge is 0.461 e. The highest BCUT2D eigenvalue weighted by Crippen LogP contribution is 2.15. The number of esters is 1. The number of ketones is 1. The van der Waals surface area contributed by atoms with Crippen LogP contribution >= 0.6 is 0 Å². The summed E-state index contributed by atoms with van der Waals surface area (Å²) in [5.41, 5.74) is 0.459. The van der Waals surface area contributed by atoms with Crippen molar-refractivity contribution in [1.29, 1.82) is 0 Å². The normalized spacial score (nSPS) is 10.4. The molecule has 0 aliphatic carbocycles. The Hall–Kier alpha value is -3.35. The van der Waals surface area contributed by atoms with E-state index >= 15 is 0 Å². The fourth-order valence-corrected chi connectivity index (χ4v) is 2.14. The molecule has 3 aromatic rings. The van der Waals surface area contributed by atoms with Gasteiger partial charge >= 0.3 is 5.97 Å². The Balaban J connectivity index is 2.08. The van der Waals surface area contributed by atoms with Crippen LogP contribution in [0.1, 0.15) is 33.3 Å². The topological polar surface area (TPSA) is 87.0 Å². The van der Waals surface area contributed by atoms with Crippen molar-refractivity contribution in [2.24, 2.45) is 0 Å². The summed E-state index contributed by atoms with van der Waals surface area (Å²) in [5.74, 6) is -0.828. The lowest BCUT2D eigenvalue weighted by Gasteiger charge is -2.09. The van der Waals surface area contributed by atoms with Gasteiger partial charge in [-0.15, -0.1) is 0 Å². The summed E-state index contributed by atoms with van der Waals surface area (Å²) in [5, 5.41) is 4.02. The number of hydrogen-bond donors (Lipinski definition) is 0. The van der Waals surface area contributed by atoms with Crippen molar-refractivity contribution in [2.45, 2.75) is 6.92 Å². The summed E-state index contributed by atoms with van der Waals surface area (Å²) in [6, 6.07) is 10.3. The molecular formula is C17H14N4O3. The van der Waals surface area contributed by atoms with Crippen LogP contribution in [0.15, 0.2) is 55.0 Å². The average Bonchev–Trinajstić information content (AvgIpc) is 3.16. The van der Waals surface area contributed by atoms with Crippen LogP contribution in [0.25, 0.3) is 5.95 Å². The number of benzene rings is 1. The minimum absolute atomic E-state index is 0.0776. The Morgan fingerprint density at radius 3 is 2.62 bits per heavy atom. The molecule has 0 amide bonds. The number of rotatable bonds is 5. The lowest BCUT2D eigenvalue weighted by atomic mass is 10.0. The van der Waals surface area contributed by atoms with Gasteiger partial charge in [-0.25, -0.2) is 19.4 Å². The molecule has 120 valence electrons. The molecule has 0 radical (unpaired) electrons. The fourth-order valence-electron chi connectivity index (χ4n) is 2.14. The van der Waals surface area contributed by atoms with Gasteiger partial charge in [-0.3, -0.25) is 4.79 Å². The second-order valence-corrected chi connectivity index (χ2v) is 4.80. The van der Waals surface area contributed by atoms with Crippen molar-refractivity contribution in [3.8, 4) is 5.95 Å². The molecule has 0 aliphatic heterocycles. The highest BCUT2D eigenvalue weighted by atomic mass is 16.5. The fraction of sp³-hybridized carbons (Fsp3) is 0.118. The third kappa shape index (κ3) is 3.05. The zero-order chi connectivity index (χ0) is 16.9. The Labute approximate surface area is 137 Å². The molecule has 0 saturated carbocycles. The van der Waals surface area contributed by atoms with Crippen LogP contribution in [0, 0.1) is 0 Å². The Bertz CT molecular complexity index is 861. The van der Waals surface area contributed by atoms with E-state index in [0.29, 0.717) is 5.56 Å². The molecule has 1 aromatic carbocycles. The first-order valence-electron chi connectivity index (χ1n) is 7.34. The highest BCUT2D eigenvalue weighted by Gasteiger charge is 2.23. The predicted molar refractivity (Wildman–Crippen MR) is 85.0 cm³/mol. The van der Waals surface area contributed by atoms with E-state index in [9.17, 15) is 9.59 Å². The van der Waals surface area contributed by atoms with Gasteiger partial charge in [-0.1, -0.05) is 30.3 Å². The van der Waals surface area contributed by atoms with E-state index in [4.69, 9.17) is 4.74 Å². The maximum atomic E-state index is 12.7. The molecule has 24 heavy (non-hydrogen) atoms. The van der Waals surface area contributed by atoms with Gasteiger partial charge in [0.15, 0.2) is 11.5 Å². The zero-order valence-corrected chi connectivity index (χ0v) is 12.9. The van der Waals surface area contributed by atoms with Gasteiger partial charge in [0, 0.05) is 24.2 Å². The van der Waals surface area contributed by atoms with E-state index in [0.717, 1.165) is 0 Å². The molecule has 2 heterocycles. The third-order valence-electron chi connectivity index (χ3n) is 3.23. The second-order valence-electron chi connectivity index (χ2n) is 4.80. The summed E-state index contributed by atoms with van der Waals surface area (Å²) in [6.07, 6.45) is 4.53. The van der Waals surface area contributed by atoms with Gasteiger partial charge in [-0.05, 0) is 13.0 Å². The minimum atomic E-state index is -0.674. The standard InChI is InChI=1S/C17H14N4O3/c1-2-24-16(23)14-13(15(22)12-7-4-3-5-8-12)11-18-17(20-14)21-10-6-9-19-21/h3-11H,2H2,1H3. The van der Waals surface area contributed by atoms with Crippen molar-refractivity contribution in [3.05, 3.63) is 71.8 Å². The van der Waals surface area contributed by atoms with E-state index in [2.05, 4.69) is 15.1 Å². The van der Waals surface area contributed by atoms with E-state index in [1.807, 2.05) is 0 Å². The smallest absolute Gasteiger partial charge is 0.357 e. The molecule has 7 heteroatoms. The number of nitrogens with zero attached hydrogens (tertiary/aromatic N) is 4.